The van der Waals surface area contributed by atoms with Crippen molar-refractivity contribution in [1.29, 1.82) is 0 Å². The highest BCUT2D eigenvalue weighted by atomic mass is 28.4. The molecule has 0 saturated heterocycles. The largest absolute Gasteiger partial charge is 0.481 e. The number of carbonyl (C=O) groups excluding carboxylic acids is 1. The topological polar surface area (TPSA) is 134 Å². The zero-order valence-corrected chi connectivity index (χ0v) is 24.6. The number of rotatable bonds is 12. The van der Waals surface area contributed by atoms with E-state index in [1.54, 1.807) is 32.9 Å². The molecule has 9 nitrogen and oxygen atoms in total. The highest BCUT2D eigenvalue weighted by Gasteiger charge is 2.50. The first kappa shape index (κ1) is 31.6. The van der Waals surface area contributed by atoms with Gasteiger partial charge < -0.3 is 19.6 Å². The van der Waals surface area contributed by atoms with E-state index in [2.05, 4.69) is 60.4 Å². The van der Waals surface area contributed by atoms with Crippen molar-refractivity contribution < 1.29 is 23.9 Å². The van der Waals surface area contributed by atoms with Crippen LogP contribution < -0.4 is 15.7 Å². The highest BCUT2D eigenvalue weighted by Crippen LogP contribution is 2.36. The van der Waals surface area contributed by atoms with Crippen LogP contribution >= 0.6 is 0 Å². The average molecular weight is 553 g/mol. The van der Waals surface area contributed by atoms with Gasteiger partial charge in [0.05, 0.1) is 12.6 Å². The predicted octanol–water partition coefficient (Wildman–Crippen LogP) is 5.56. The second-order valence-electron chi connectivity index (χ2n) is 11.3. The number of ether oxygens (including phenoxy) is 1. The van der Waals surface area contributed by atoms with Crippen LogP contribution in [-0.4, -0.2) is 49.8 Å². The molecule has 0 bridgehead atoms. The minimum atomic E-state index is -2.86. The molecule has 0 unspecified atom stereocenters. The van der Waals surface area contributed by atoms with Crippen molar-refractivity contribution in [2.45, 2.75) is 77.1 Å². The zero-order chi connectivity index (χ0) is 29.1. The van der Waals surface area contributed by atoms with Crippen LogP contribution in [0.25, 0.3) is 10.4 Å². The van der Waals surface area contributed by atoms with Crippen LogP contribution in [0.3, 0.4) is 0 Å². The molecule has 0 spiro atoms. The number of benzene rings is 2. The first-order valence-electron chi connectivity index (χ1n) is 13.0. The summed E-state index contributed by atoms with van der Waals surface area (Å²) in [7, 11) is -2.86. The van der Waals surface area contributed by atoms with Crippen molar-refractivity contribution in [1.82, 2.24) is 5.32 Å². The van der Waals surface area contributed by atoms with E-state index >= 15 is 0 Å². The van der Waals surface area contributed by atoms with Gasteiger partial charge in [0.15, 0.2) is 0 Å². The van der Waals surface area contributed by atoms with E-state index < -0.39 is 38.1 Å². The number of hydrogen-bond donors (Lipinski definition) is 2. The van der Waals surface area contributed by atoms with Crippen molar-refractivity contribution >= 4 is 30.8 Å². The lowest BCUT2D eigenvalue weighted by molar-refractivity contribution is -0.138. The van der Waals surface area contributed by atoms with Crippen molar-refractivity contribution in [2.75, 3.05) is 6.61 Å². The Kier molecular flexibility index (Phi) is 11.3. The van der Waals surface area contributed by atoms with Gasteiger partial charge in [0, 0.05) is 4.91 Å². The summed E-state index contributed by atoms with van der Waals surface area (Å²) < 4.78 is 12.5. The van der Waals surface area contributed by atoms with Crippen molar-refractivity contribution in [2.24, 2.45) is 5.11 Å². The fourth-order valence-electron chi connectivity index (χ4n) is 4.39. The maximum Gasteiger partial charge on any atom is 0.408 e. The van der Waals surface area contributed by atoms with Crippen LogP contribution in [0.5, 0.6) is 0 Å². The molecule has 2 rings (SSSR count). The van der Waals surface area contributed by atoms with Gasteiger partial charge in [-0.3, -0.25) is 4.79 Å². The van der Waals surface area contributed by atoms with E-state index in [0.29, 0.717) is 6.42 Å². The number of hydrogen-bond acceptors (Lipinski definition) is 5. The van der Waals surface area contributed by atoms with Gasteiger partial charge in [-0.05, 0) is 54.6 Å². The van der Waals surface area contributed by atoms with Gasteiger partial charge in [0.1, 0.15) is 11.6 Å². The van der Waals surface area contributed by atoms with Crippen LogP contribution in [0, 0.1) is 0 Å². The second-order valence-corrected chi connectivity index (χ2v) is 15.6. The van der Waals surface area contributed by atoms with Gasteiger partial charge in [-0.2, -0.15) is 0 Å². The molecule has 39 heavy (non-hydrogen) atoms. The van der Waals surface area contributed by atoms with Crippen LogP contribution in [0.2, 0.25) is 5.04 Å². The molecule has 0 fully saturated rings. The minimum Gasteiger partial charge on any atom is -0.481 e. The Morgan fingerprint density at radius 2 is 1.56 bits per heavy atom. The van der Waals surface area contributed by atoms with Crippen LogP contribution in [0.1, 0.15) is 54.4 Å². The molecule has 0 saturated carbocycles. The van der Waals surface area contributed by atoms with Gasteiger partial charge in [0.25, 0.3) is 8.32 Å². The minimum absolute atomic E-state index is 0.130. The number of azide groups is 1. The maximum absolute atomic E-state index is 12.7. The molecule has 2 aromatic rings. The highest BCUT2D eigenvalue weighted by molar-refractivity contribution is 6.99. The quantitative estimate of drug-likeness (QED) is 0.117. The third-order valence-electron chi connectivity index (χ3n) is 6.05. The summed E-state index contributed by atoms with van der Waals surface area (Å²) in [5.74, 6) is -1.18. The Morgan fingerprint density at radius 1 is 1.03 bits per heavy atom. The van der Waals surface area contributed by atoms with Gasteiger partial charge >= 0.3 is 12.1 Å². The van der Waals surface area contributed by atoms with E-state index in [1.807, 2.05) is 36.4 Å². The van der Waals surface area contributed by atoms with Crippen LogP contribution in [0.15, 0.2) is 77.9 Å². The SMILES string of the molecule is CC(C)(C)OC(=O)N[C@H](/C=C\CC[C@@H](N=[N+]=[N-])C(=O)O)CO[Si](c1ccccc1)(c1ccccc1)C(C)(C)C. The third kappa shape index (κ3) is 9.28. The Morgan fingerprint density at radius 3 is 2.00 bits per heavy atom. The van der Waals surface area contributed by atoms with Crippen molar-refractivity contribution in [3.63, 3.8) is 0 Å². The molecule has 0 heterocycles. The van der Waals surface area contributed by atoms with E-state index in [0.717, 1.165) is 10.4 Å². The molecule has 2 atom stereocenters. The molecule has 2 N–H and O–H groups in total. The van der Waals surface area contributed by atoms with Crippen LogP contribution in [0.4, 0.5) is 4.79 Å². The molecule has 0 aliphatic heterocycles. The predicted molar refractivity (Wildman–Crippen MR) is 156 cm³/mol. The Hall–Kier alpha value is -3.59. The number of carboxylic acids is 1. The fourth-order valence-corrected chi connectivity index (χ4v) is 8.97. The molecular weight excluding hydrogens is 512 g/mol. The summed E-state index contributed by atoms with van der Waals surface area (Å²) in [6.45, 7) is 12.1. The smallest absolute Gasteiger partial charge is 0.408 e. The number of allylic oxidation sites excluding steroid dienone is 1. The molecule has 210 valence electrons. The van der Waals surface area contributed by atoms with E-state index in [9.17, 15) is 14.7 Å². The van der Waals surface area contributed by atoms with E-state index in [4.69, 9.17) is 14.7 Å². The Bertz CT molecular complexity index is 1110. The molecule has 10 heteroatoms. The number of carbonyl (C=O) groups is 2. The van der Waals surface area contributed by atoms with Crippen LogP contribution in [-0.2, 0) is 14.0 Å². The summed E-state index contributed by atoms with van der Waals surface area (Å²) in [6, 6.07) is 18.7. The fraction of sp³-hybridized carbons (Fsp3) is 0.448. The summed E-state index contributed by atoms with van der Waals surface area (Å²) in [4.78, 5) is 26.6. The monoisotopic (exact) mass is 552 g/mol. The number of amides is 1. The normalized spacial score (nSPS) is 13.8. The average Bonchev–Trinajstić information content (AvgIpc) is 2.85. The van der Waals surface area contributed by atoms with Gasteiger partial charge in [0.2, 0.25) is 0 Å². The molecule has 0 aliphatic carbocycles. The van der Waals surface area contributed by atoms with Crippen molar-refractivity contribution in [3.8, 4) is 0 Å². The molecule has 0 radical (unpaired) electrons. The molecular formula is C29H40N4O5Si. The summed E-state index contributed by atoms with van der Waals surface area (Å²) in [6.07, 6.45) is 3.42. The molecule has 2 aromatic carbocycles. The molecule has 0 aliphatic rings. The number of aliphatic carboxylic acids is 1. The summed E-state index contributed by atoms with van der Waals surface area (Å²) in [5.41, 5.74) is 7.95. The Labute approximate surface area is 232 Å². The Balaban J connectivity index is 2.41. The zero-order valence-electron chi connectivity index (χ0n) is 23.6. The van der Waals surface area contributed by atoms with E-state index in [-0.39, 0.29) is 18.1 Å². The maximum atomic E-state index is 12.7. The van der Waals surface area contributed by atoms with E-state index in [1.165, 1.54) is 0 Å². The summed E-state index contributed by atoms with van der Waals surface area (Å²) >= 11 is 0. The van der Waals surface area contributed by atoms with Gasteiger partial charge in [-0.15, -0.1) is 0 Å². The first-order valence-corrected chi connectivity index (χ1v) is 14.9. The lowest BCUT2D eigenvalue weighted by atomic mass is 10.1. The second kappa shape index (κ2) is 14.0. The van der Waals surface area contributed by atoms with Gasteiger partial charge in [-0.1, -0.05) is 98.7 Å². The van der Waals surface area contributed by atoms with Gasteiger partial charge in [-0.25, -0.2) is 4.79 Å². The first-order chi connectivity index (χ1) is 18.3. The molecule has 0 aromatic heterocycles. The number of alkyl carbamates (subject to hydrolysis) is 1. The third-order valence-corrected chi connectivity index (χ3v) is 11.1. The molecule has 1 amide bonds. The van der Waals surface area contributed by atoms with Crippen molar-refractivity contribution in [3.05, 3.63) is 83.3 Å². The number of nitrogens with zero attached hydrogens (tertiary/aromatic N) is 3. The lowest BCUT2D eigenvalue weighted by Crippen LogP contribution is -2.67. The number of carboxylic acid groups (broad SMARTS) is 1. The number of nitrogens with one attached hydrogen (secondary N) is 1. The standard InChI is InChI=1S/C29H40N4O5Si/c1-28(2,3)38-27(36)31-22(15-13-14-20-25(26(34)35)32-33-30)21-37-39(29(4,5)6,23-16-9-7-10-17-23)24-18-11-8-12-19-24/h7-13,15-19,22,25H,14,20-21H2,1-6H3,(H,31,36)(H,34,35)/b15-13-/t22-,25-/m1/s1. The lowest BCUT2D eigenvalue weighted by Gasteiger charge is -2.43. The summed E-state index contributed by atoms with van der Waals surface area (Å²) in [5, 5.41) is 17.4.